The van der Waals surface area contributed by atoms with Gasteiger partial charge in [0.2, 0.25) is 0 Å². The van der Waals surface area contributed by atoms with Crippen LogP contribution in [0.1, 0.15) is 13.8 Å². The number of hydrogen-bond acceptors (Lipinski definition) is 4. The third-order valence-electron chi connectivity index (χ3n) is 4.32. The maximum atomic E-state index is 6.37. The Labute approximate surface area is 120 Å². The molecule has 106 valence electrons. The zero-order chi connectivity index (χ0) is 14.1. The standard InChI is InChI=1S/C16H22N4/c1-3-19-9-10-20(11-12(19)2)15-7-6-14-13(16(15)17)5-4-8-18-14/h4-8,12H,3,9-11,17H2,1-2H3. The van der Waals surface area contributed by atoms with Crippen LogP contribution in [0.25, 0.3) is 10.9 Å². The van der Waals surface area contributed by atoms with Crippen LogP contribution in [-0.2, 0) is 0 Å². The Morgan fingerprint density at radius 1 is 1.30 bits per heavy atom. The van der Waals surface area contributed by atoms with Gasteiger partial charge in [-0.3, -0.25) is 9.88 Å². The number of nitrogens with zero attached hydrogens (tertiary/aromatic N) is 3. The Morgan fingerprint density at radius 3 is 2.90 bits per heavy atom. The molecule has 1 unspecified atom stereocenters. The van der Waals surface area contributed by atoms with Crippen LogP contribution in [0.15, 0.2) is 30.5 Å². The van der Waals surface area contributed by atoms with E-state index in [1.807, 2.05) is 18.3 Å². The van der Waals surface area contributed by atoms with Gasteiger partial charge in [-0.15, -0.1) is 0 Å². The van der Waals surface area contributed by atoms with Crippen molar-refractivity contribution in [1.29, 1.82) is 0 Å². The lowest BCUT2D eigenvalue weighted by atomic mass is 10.1. The van der Waals surface area contributed by atoms with Gasteiger partial charge in [-0.05, 0) is 37.7 Å². The Morgan fingerprint density at radius 2 is 2.15 bits per heavy atom. The summed E-state index contributed by atoms with van der Waals surface area (Å²) in [6, 6.07) is 8.74. The van der Waals surface area contributed by atoms with Crippen LogP contribution < -0.4 is 10.6 Å². The molecular weight excluding hydrogens is 248 g/mol. The van der Waals surface area contributed by atoms with E-state index in [4.69, 9.17) is 5.73 Å². The molecule has 4 nitrogen and oxygen atoms in total. The fourth-order valence-electron chi connectivity index (χ4n) is 3.12. The summed E-state index contributed by atoms with van der Waals surface area (Å²) in [5.74, 6) is 0. The zero-order valence-electron chi connectivity index (χ0n) is 12.2. The molecule has 1 aliphatic heterocycles. The van der Waals surface area contributed by atoms with Crippen LogP contribution in [0, 0.1) is 0 Å². The number of piperazine rings is 1. The SMILES string of the molecule is CCN1CCN(c2ccc3ncccc3c2N)CC1C. The Kier molecular flexibility index (Phi) is 3.49. The summed E-state index contributed by atoms with van der Waals surface area (Å²) in [6.07, 6.45) is 1.81. The van der Waals surface area contributed by atoms with E-state index in [2.05, 4.69) is 40.8 Å². The first-order valence-corrected chi connectivity index (χ1v) is 7.33. The van der Waals surface area contributed by atoms with Crippen molar-refractivity contribution in [2.75, 3.05) is 36.8 Å². The Balaban J connectivity index is 1.93. The summed E-state index contributed by atoms with van der Waals surface area (Å²) in [5.41, 5.74) is 9.33. The molecule has 0 aliphatic carbocycles. The number of likely N-dealkylation sites (N-methyl/N-ethyl adjacent to an activating group) is 1. The molecule has 0 spiro atoms. The van der Waals surface area contributed by atoms with Crippen LogP contribution >= 0.6 is 0 Å². The monoisotopic (exact) mass is 270 g/mol. The molecule has 0 bridgehead atoms. The first-order valence-electron chi connectivity index (χ1n) is 7.33. The van der Waals surface area contributed by atoms with Crippen LogP contribution in [0.5, 0.6) is 0 Å². The van der Waals surface area contributed by atoms with Crippen molar-refractivity contribution in [2.24, 2.45) is 0 Å². The smallest absolute Gasteiger partial charge is 0.0724 e. The highest BCUT2D eigenvalue weighted by Gasteiger charge is 2.23. The summed E-state index contributed by atoms with van der Waals surface area (Å²) in [4.78, 5) is 9.27. The van der Waals surface area contributed by atoms with Gasteiger partial charge in [-0.2, -0.15) is 0 Å². The predicted octanol–water partition coefficient (Wildman–Crippen LogP) is 2.35. The van der Waals surface area contributed by atoms with Crippen molar-refractivity contribution in [3.63, 3.8) is 0 Å². The van der Waals surface area contributed by atoms with Gasteiger partial charge in [-0.25, -0.2) is 0 Å². The van der Waals surface area contributed by atoms with Gasteiger partial charge in [0.1, 0.15) is 0 Å². The van der Waals surface area contributed by atoms with E-state index >= 15 is 0 Å². The minimum atomic E-state index is 0.567. The Hall–Kier alpha value is -1.81. The lowest BCUT2D eigenvalue weighted by molar-refractivity contribution is 0.199. The first kappa shape index (κ1) is 13.2. The highest BCUT2D eigenvalue weighted by Crippen LogP contribution is 2.31. The van der Waals surface area contributed by atoms with E-state index in [9.17, 15) is 0 Å². The van der Waals surface area contributed by atoms with E-state index in [1.165, 1.54) is 0 Å². The molecule has 0 saturated carbocycles. The maximum Gasteiger partial charge on any atom is 0.0724 e. The number of pyridine rings is 1. The molecule has 0 radical (unpaired) electrons. The fraction of sp³-hybridized carbons (Fsp3) is 0.438. The summed E-state index contributed by atoms with van der Waals surface area (Å²) < 4.78 is 0. The van der Waals surface area contributed by atoms with Gasteiger partial charge >= 0.3 is 0 Å². The summed E-state index contributed by atoms with van der Waals surface area (Å²) in [7, 11) is 0. The quantitative estimate of drug-likeness (QED) is 0.851. The summed E-state index contributed by atoms with van der Waals surface area (Å²) in [6.45, 7) is 8.79. The van der Waals surface area contributed by atoms with E-state index in [0.29, 0.717) is 6.04 Å². The van der Waals surface area contributed by atoms with Crippen LogP contribution in [0.4, 0.5) is 11.4 Å². The molecule has 2 aromatic rings. The van der Waals surface area contributed by atoms with Crippen molar-refractivity contribution in [3.8, 4) is 0 Å². The molecule has 2 N–H and O–H groups in total. The van der Waals surface area contributed by atoms with Gasteiger partial charge in [0, 0.05) is 37.3 Å². The van der Waals surface area contributed by atoms with Crippen LogP contribution in [0.2, 0.25) is 0 Å². The van der Waals surface area contributed by atoms with Crippen molar-refractivity contribution < 1.29 is 0 Å². The number of rotatable bonds is 2. The second-order valence-electron chi connectivity index (χ2n) is 5.49. The second kappa shape index (κ2) is 5.29. The highest BCUT2D eigenvalue weighted by atomic mass is 15.3. The Bertz CT molecular complexity index is 610. The normalized spacial score (nSPS) is 20.5. The van der Waals surface area contributed by atoms with Gasteiger partial charge < -0.3 is 10.6 Å². The molecule has 1 fully saturated rings. The largest absolute Gasteiger partial charge is 0.396 e. The van der Waals surface area contributed by atoms with E-state index < -0.39 is 0 Å². The second-order valence-corrected chi connectivity index (χ2v) is 5.49. The number of nitrogens with two attached hydrogens (primary N) is 1. The van der Waals surface area contributed by atoms with E-state index in [1.54, 1.807) is 0 Å². The summed E-state index contributed by atoms with van der Waals surface area (Å²) >= 11 is 0. The summed E-state index contributed by atoms with van der Waals surface area (Å²) in [5, 5.41) is 1.05. The fourth-order valence-corrected chi connectivity index (χ4v) is 3.12. The average molecular weight is 270 g/mol. The van der Waals surface area contributed by atoms with Gasteiger partial charge in [0.25, 0.3) is 0 Å². The molecule has 4 heteroatoms. The maximum absolute atomic E-state index is 6.37. The van der Waals surface area contributed by atoms with Gasteiger partial charge in [0.05, 0.1) is 16.9 Å². The van der Waals surface area contributed by atoms with Crippen molar-refractivity contribution in [2.45, 2.75) is 19.9 Å². The number of hydrogen-bond donors (Lipinski definition) is 1. The topological polar surface area (TPSA) is 45.4 Å². The molecule has 1 aliphatic rings. The first-order chi connectivity index (χ1) is 9.70. The molecule has 1 atom stereocenters. The van der Waals surface area contributed by atoms with Crippen molar-refractivity contribution >= 4 is 22.3 Å². The average Bonchev–Trinajstić information content (AvgIpc) is 2.48. The molecule has 3 rings (SSSR count). The number of nitrogen functional groups attached to an aromatic ring is 1. The van der Waals surface area contributed by atoms with Crippen LogP contribution in [0.3, 0.4) is 0 Å². The lowest BCUT2D eigenvalue weighted by Crippen LogP contribution is -2.51. The third kappa shape index (κ3) is 2.20. The number of aromatic nitrogens is 1. The molecule has 2 heterocycles. The predicted molar refractivity (Wildman–Crippen MR) is 85.1 cm³/mol. The minimum Gasteiger partial charge on any atom is -0.396 e. The molecule has 1 aromatic heterocycles. The van der Waals surface area contributed by atoms with Gasteiger partial charge in [-0.1, -0.05) is 6.92 Å². The molecule has 1 saturated heterocycles. The molecule has 1 aromatic carbocycles. The highest BCUT2D eigenvalue weighted by molar-refractivity contribution is 5.97. The third-order valence-corrected chi connectivity index (χ3v) is 4.32. The van der Waals surface area contributed by atoms with Gasteiger partial charge in [0.15, 0.2) is 0 Å². The van der Waals surface area contributed by atoms with E-state index in [-0.39, 0.29) is 0 Å². The molecule has 20 heavy (non-hydrogen) atoms. The molecular formula is C16H22N4. The zero-order valence-corrected chi connectivity index (χ0v) is 12.2. The van der Waals surface area contributed by atoms with Crippen molar-refractivity contribution in [1.82, 2.24) is 9.88 Å². The number of anilines is 2. The lowest BCUT2D eigenvalue weighted by Gasteiger charge is -2.41. The minimum absolute atomic E-state index is 0.567. The number of benzene rings is 1. The van der Waals surface area contributed by atoms with E-state index in [0.717, 1.165) is 48.5 Å². The number of fused-ring (bicyclic) bond motifs is 1. The van der Waals surface area contributed by atoms with Crippen molar-refractivity contribution in [3.05, 3.63) is 30.5 Å². The van der Waals surface area contributed by atoms with Crippen LogP contribution in [-0.4, -0.2) is 42.1 Å². The molecule has 0 amide bonds.